The maximum absolute atomic E-state index is 8.30. The van der Waals surface area contributed by atoms with Crippen molar-refractivity contribution in [3.05, 3.63) is 0 Å². The first-order valence-electron chi connectivity index (χ1n) is 3.30. The van der Waals surface area contributed by atoms with Crippen molar-refractivity contribution in [3.63, 3.8) is 0 Å². The molecule has 0 heterocycles. The van der Waals surface area contributed by atoms with Gasteiger partial charge in [-0.25, -0.2) is 0 Å². The molecule has 0 rings (SSSR count). The van der Waals surface area contributed by atoms with E-state index in [-0.39, 0.29) is 0 Å². The first kappa shape index (κ1) is 12.2. The molecule has 0 aromatic carbocycles. The van der Waals surface area contributed by atoms with E-state index < -0.39 is 0 Å². The zero-order chi connectivity index (χ0) is 7.54. The number of rotatable bonds is 4. The van der Waals surface area contributed by atoms with Crippen LogP contribution >= 0.6 is 0 Å². The molecule has 0 aliphatic heterocycles. The van der Waals surface area contributed by atoms with Crippen LogP contribution in [0, 0.1) is 0 Å². The fourth-order valence-electron chi connectivity index (χ4n) is 0.571. The number of hydrogen-bond donors (Lipinski definition) is 1. The van der Waals surface area contributed by atoms with Gasteiger partial charge in [-0.3, -0.25) is 0 Å². The van der Waals surface area contributed by atoms with Gasteiger partial charge < -0.3 is 5.73 Å². The zero-order valence-corrected chi connectivity index (χ0v) is 8.17. The molecule has 0 atom stereocenters. The van der Waals surface area contributed by atoms with E-state index in [1.54, 1.807) is 0 Å². The quantitative estimate of drug-likeness (QED) is 0.563. The van der Waals surface area contributed by atoms with Crippen LogP contribution < -0.4 is 5.73 Å². The fourth-order valence-corrected chi connectivity index (χ4v) is 0.571. The summed E-state index contributed by atoms with van der Waals surface area (Å²) in [5.74, 6) is 0. The maximum atomic E-state index is 8.30. The first-order valence-corrected chi connectivity index (χ1v) is 4.20. The van der Waals surface area contributed by atoms with Crippen LogP contribution in [0.1, 0.15) is 32.6 Å². The fraction of sp³-hybridized carbons (Fsp3) is 1.00. The van der Waals surface area contributed by atoms with Gasteiger partial charge in [-0.15, -0.1) is 0 Å². The van der Waals surface area contributed by atoms with Gasteiger partial charge in [-0.05, 0) is 13.0 Å². The average Bonchev–Trinajstić information content (AvgIpc) is 1.94. The predicted molar refractivity (Wildman–Crippen MR) is 33.9 cm³/mol. The SMILES string of the molecule is CCCCCCN.[O]=[Nb]. The Labute approximate surface area is 69.5 Å². The van der Waals surface area contributed by atoms with Crippen LogP contribution in [0.2, 0.25) is 0 Å². The van der Waals surface area contributed by atoms with Crippen LogP contribution in [0.25, 0.3) is 0 Å². The normalized spacial score (nSPS) is 7.67. The molecular weight excluding hydrogens is 195 g/mol. The molecule has 2 N–H and O–H groups in total. The summed E-state index contributed by atoms with van der Waals surface area (Å²) in [6.45, 7) is 3.07. The molecule has 2 nitrogen and oxygen atoms in total. The number of nitrogens with two attached hydrogens (primary N) is 1. The summed E-state index contributed by atoms with van der Waals surface area (Å²) in [7, 11) is 0. The average molecular weight is 210 g/mol. The molecule has 0 aromatic rings. The summed E-state index contributed by atoms with van der Waals surface area (Å²) in [5, 5.41) is 0. The Morgan fingerprint density at radius 3 is 2.11 bits per heavy atom. The third-order valence-electron chi connectivity index (χ3n) is 1.06. The summed E-state index contributed by atoms with van der Waals surface area (Å²) in [4.78, 5) is 0. The summed E-state index contributed by atoms with van der Waals surface area (Å²) < 4.78 is 8.30. The molecule has 0 unspecified atom stereocenters. The zero-order valence-electron chi connectivity index (χ0n) is 5.97. The van der Waals surface area contributed by atoms with Crippen LogP contribution in [0.5, 0.6) is 0 Å². The standard InChI is InChI=1S/C6H15N.Nb.O/c1-2-3-4-5-6-7;;/h2-7H2,1H3;;. The van der Waals surface area contributed by atoms with E-state index in [0.717, 1.165) is 6.54 Å². The van der Waals surface area contributed by atoms with Gasteiger partial charge >= 0.3 is 24.3 Å². The molecule has 0 radical (unpaired) electrons. The number of unbranched alkanes of at least 4 members (excludes halogenated alkanes) is 3. The van der Waals surface area contributed by atoms with E-state index in [1.165, 1.54) is 25.7 Å². The van der Waals surface area contributed by atoms with Crippen molar-refractivity contribution in [1.82, 2.24) is 0 Å². The second-order valence-corrected chi connectivity index (χ2v) is 1.85. The molecular formula is C6H15NNbO. The van der Waals surface area contributed by atoms with Gasteiger partial charge in [0.1, 0.15) is 0 Å². The van der Waals surface area contributed by atoms with Crippen LogP contribution in [0.4, 0.5) is 0 Å². The summed E-state index contributed by atoms with van der Waals surface area (Å²) in [6.07, 6.45) is 5.16. The van der Waals surface area contributed by atoms with Gasteiger partial charge in [0.25, 0.3) is 0 Å². The van der Waals surface area contributed by atoms with E-state index in [0.29, 0.717) is 21.0 Å². The van der Waals surface area contributed by atoms with Crippen molar-refractivity contribution < 1.29 is 24.3 Å². The summed E-state index contributed by atoms with van der Waals surface area (Å²) in [6, 6.07) is 0. The summed E-state index contributed by atoms with van der Waals surface area (Å²) in [5.41, 5.74) is 5.27. The second kappa shape index (κ2) is 15.8. The minimum absolute atomic E-state index is 0.500. The Kier molecular flexibility index (Phi) is 21.4. The Hall–Kier alpha value is 0.500. The Balaban J connectivity index is 0. The van der Waals surface area contributed by atoms with Crippen molar-refractivity contribution in [2.45, 2.75) is 32.6 Å². The molecule has 0 spiro atoms. The van der Waals surface area contributed by atoms with Crippen LogP contribution in [-0.4, -0.2) is 6.54 Å². The molecule has 0 aromatic heterocycles. The molecule has 9 heavy (non-hydrogen) atoms. The van der Waals surface area contributed by atoms with Gasteiger partial charge in [-0.2, -0.15) is 0 Å². The van der Waals surface area contributed by atoms with Gasteiger partial charge in [0, 0.05) is 0 Å². The van der Waals surface area contributed by atoms with Crippen molar-refractivity contribution in [1.29, 1.82) is 0 Å². The molecule has 0 aliphatic carbocycles. The van der Waals surface area contributed by atoms with E-state index >= 15 is 0 Å². The Morgan fingerprint density at radius 1 is 1.22 bits per heavy atom. The van der Waals surface area contributed by atoms with Crippen molar-refractivity contribution in [2.24, 2.45) is 5.73 Å². The van der Waals surface area contributed by atoms with Crippen LogP contribution in [-0.2, 0) is 24.3 Å². The van der Waals surface area contributed by atoms with Crippen molar-refractivity contribution >= 4 is 0 Å². The van der Waals surface area contributed by atoms with Gasteiger partial charge in [-0.1, -0.05) is 26.2 Å². The van der Waals surface area contributed by atoms with Crippen LogP contribution in [0.15, 0.2) is 0 Å². The van der Waals surface area contributed by atoms with Gasteiger partial charge in [0.05, 0.1) is 0 Å². The third kappa shape index (κ3) is 17.7. The van der Waals surface area contributed by atoms with Gasteiger partial charge in [0.2, 0.25) is 0 Å². The van der Waals surface area contributed by atoms with Crippen molar-refractivity contribution in [2.75, 3.05) is 6.54 Å². The Bertz CT molecular complexity index is 40.0. The number of hydrogen-bond acceptors (Lipinski definition) is 2. The third-order valence-corrected chi connectivity index (χ3v) is 1.06. The summed E-state index contributed by atoms with van der Waals surface area (Å²) >= 11 is 0.500. The second-order valence-electron chi connectivity index (χ2n) is 1.85. The predicted octanol–water partition coefficient (Wildman–Crippen LogP) is 1.40. The molecule has 0 bridgehead atoms. The molecule has 0 amide bonds. The molecule has 0 saturated carbocycles. The molecule has 0 aliphatic rings. The monoisotopic (exact) mass is 210 g/mol. The van der Waals surface area contributed by atoms with E-state index in [2.05, 4.69) is 6.92 Å². The first-order chi connectivity index (χ1) is 4.41. The molecule has 0 saturated heterocycles. The molecule has 3 heteroatoms. The molecule has 55 valence electrons. The van der Waals surface area contributed by atoms with Gasteiger partial charge in [0.15, 0.2) is 0 Å². The Morgan fingerprint density at radius 2 is 1.78 bits per heavy atom. The van der Waals surface area contributed by atoms with Crippen LogP contribution in [0.3, 0.4) is 0 Å². The van der Waals surface area contributed by atoms with E-state index in [4.69, 9.17) is 8.98 Å². The van der Waals surface area contributed by atoms with E-state index in [9.17, 15) is 0 Å². The minimum atomic E-state index is 0.500. The topological polar surface area (TPSA) is 43.1 Å². The van der Waals surface area contributed by atoms with Crippen molar-refractivity contribution in [3.8, 4) is 0 Å². The van der Waals surface area contributed by atoms with E-state index in [1.807, 2.05) is 0 Å². The molecule has 0 fully saturated rings.